The van der Waals surface area contributed by atoms with Crippen LogP contribution in [0.3, 0.4) is 0 Å². The van der Waals surface area contributed by atoms with Crippen LogP contribution in [0.1, 0.15) is 89.6 Å². The van der Waals surface area contributed by atoms with Gasteiger partial charge in [-0.3, -0.25) is 9.59 Å². The molecule has 3 aliphatic rings. The van der Waals surface area contributed by atoms with E-state index in [1.165, 1.54) is 21.1 Å². The highest BCUT2D eigenvalue weighted by Crippen LogP contribution is 2.44. The third-order valence-electron chi connectivity index (χ3n) is 12.4. The van der Waals surface area contributed by atoms with E-state index < -0.39 is 36.3 Å². The molecule has 5 aromatic rings. The summed E-state index contributed by atoms with van der Waals surface area (Å²) in [5.74, 6) is 1.38. The largest absolute Gasteiger partial charge is 0.488 e. The molecule has 0 bridgehead atoms. The topological polar surface area (TPSA) is 204 Å². The second-order valence-corrected chi connectivity index (χ2v) is 16.6. The van der Waals surface area contributed by atoms with Crippen molar-refractivity contribution in [2.24, 2.45) is 5.92 Å². The molecule has 4 amide bonds. The van der Waals surface area contributed by atoms with E-state index in [4.69, 9.17) is 24.2 Å². The van der Waals surface area contributed by atoms with Crippen LogP contribution in [0.5, 0.6) is 5.75 Å². The molecule has 2 saturated heterocycles. The fraction of sp³-hybridized carbons (Fsp3) is 0.455. The van der Waals surface area contributed by atoms with Crippen molar-refractivity contribution in [1.29, 1.82) is 0 Å². The zero-order chi connectivity index (χ0) is 42.6. The molecule has 2 aromatic heterocycles. The Bertz CT molecular complexity index is 2480. The quantitative estimate of drug-likeness (QED) is 0.113. The number of likely N-dealkylation sites (tertiary alicyclic amines) is 2. The summed E-state index contributed by atoms with van der Waals surface area (Å²) >= 11 is 0. The van der Waals surface area contributed by atoms with Gasteiger partial charge in [0, 0.05) is 23.0 Å². The van der Waals surface area contributed by atoms with Crippen molar-refractivity contribution >= 4 is 45.8 Å². The minimum atomic E-state index is -1.17. The number of aromatic nitrogens is 4. The zero-order valence-electron chi connectivity index (χ0n) is 34.9. The molecule has 0 aliphatic carbocycles. The number of aromatic amines is 2. The van der Waals surface area contributed by atoms with Gasteiger partial charge in [0.2, 0.25) is 11.8 Å². The van der Waals surface area contributed by atoms with E-state index in [1.807, 2.05) is 50.8 Å². The Balaban J connectivity index is 1.05. The van der Waals surface area contributed by atoms with E-state index in [1.54, 1.807) is 11.1 Å². The van der Waals surface area contributed by atoms with Gasteiger partial charge in [0.1, 0.15) is 36.1 Å². The lowest BCUT2D eigenvalue weighted by Gasteiger charge is -2.32. The number of aliphatic hydroxyl groups excluding tert-OH is 1. The first-order valence-electron chi connectivity index (χ1n) is 20.6. The average molecular weight is 821 g/mol. The molecule has 3 aromatic carbocycles. The number of imidazole rings is 2. The number of alkyl carbamates (subject to hydrolysis) is 2. The van der Waals surface area contributed by atoms with Gasteiger partial charge in [-0.15, -0.1) is 0 Å². The molecule has 16 heteroatoms. The van der Waals surface area contributed by atoms with Gasteiger partial charge in [-0.05, 0) is 98.7 Å². The number of rotatable bonds is 9. The van der Waals surface area contributed by atoms with Crippen molar-refractivity contribution in [3.05, 3.63) is 65.9 Å². The number of methoxy groups -OCH3 is 2. The Hall–Kier alpha value is -6.16. The van der Waals surface area contributed by atoms with Crippen LogP contribution in [0.25, 0.3) is 44.2 Å². The van der Waals surface area contributed by atoms with Crippen LogP contribution in [0, 0.1) is 5.92 Å². The molecule has 1 unspecified atom stereocenters. The van der Waals surface area contributed by atoms with Crippen molar-refractivity contribution in [3.63, 3.8) is 0 Å². The molecule has 3 aliphatic heterocycles. The van der Waals surface area contributed by atoms with Crippen LogP contribution >= 0.6 is 0 Å². The van der Waals surface area contributed by atoms with E-state index in [0.29, 0.717) is 24.7 Å². The van der Waals surface area contributed by atoms with E-state index in [9.17, 15) is 24.3 Å². The van der Waals surface area contributed by atoms with E-state index in [-0.39, 0.29) is 36.0 Å². The molecule has 0 spiro atoms. The molecule has 16 nitrogen and oxygen atoms in total. The summed E-state index contributed by atoms with van der Waals surface area (Å²) in [6.07, 6.45) is 2.20. The number of H-pyrrole nitrogens is 2. The molecule has 316 valence electrons. The van der Waals surface area contributed by atoms with Crippen molar-refractivity contribution in [2.75, 3.05) is 14.2 Å². The molecule has 7 atom stereocenters. The highest BCUT2D eigenvalue weighted by molar-refractivity contribution is 6.07. The predicted octanol–water partition coefficient (Wildman–Crippen LogP) is 6.26. The number of aliphatic hydroxyl groups is 1. The van der Waals surface area contributed by atoms with Gasteiger partial charge in [-0.25, -0.2) is 19.6 Å². The number of nitrogens with one attached hydrogen (secondary N) is 4. The SMILES string of the molecule is COC(=O)NC(C(=O)N1[C@@H](C)CC[C@H]1c1nc2ccc3cc4c(cc3c2[nH]1)OCc1cc(-c2cnc([C@@H]3CC[C@H](C)N3C(=O)[C@@H](NC(=O)OC)C(C)C)[nH]2)ccc1-4)[C@H](C)O. The maximum Gasteiger partial charge on any atom is 0.407 e. The molecule has 60 heavy (non-hydrogen) atoms. The molecular weight excluding hydrogens is 769 g/mol. The second-order valence-electron chi connectivity index (χ2n) is 16.6. The Kier molecular flexibility index (Phi) is 10.9. The first kappa shape index (κ1) is 40.6. The van der Waals surface area contributed by atoms with E-state index in [2.05, 4.69) is 44.9 Å². The number of fused-ring (bicyclic) bond motifs is 6. The molecule has 5 heterocycles. The molecular formula is C44H52N8O8. The number of benzene rings is 3. The standard InChI is InChI=1S/C44H52N8O8/c1-21(2)36(49-43(56)58-6)41(54)51-22(3)8-14-33(51)39-45-19-32(47-39)26-10-12-28-27(16-26)20-60-35-18-29-25(17-30(28)35)11-13-31-38(29)48-40(46-31)34-15-9-23(4)52(34)42(55)37(24(5)53)50-44(57)59-7/h10-13,16-19,21-24,33-34,36-37,53H,8-9,14-15,20H2,1-7H3,(H,45,47)(H,46,48)(H,49,56)(H,50,57)/t22-,23-,24-,33-,34-,36-,37?/m0/s1. The molecule has 0 saturated carbocycles. The van der Waals surface area contributed by atoms with Gasteiger partial charge in [0.15, 0.2) is 0 Å². The van der Waals surface area contributed by atoms with Crippen LogP contribution in [-0.4, -0.2) is 103 Å². The van der Waals surface area contributed by atoms with Gasteiger partial charge in [0.25, 0.3) is 0 Å². The van der Waals surface area contributed by atoms with Crippen molar-refractivity contribution in [2.45, 2.75) is 109 Å². The normalized spacial score (nSPS) is 21.3. The number of hydrogen-bond donors (Lipinski definition) is 5. The van der Waals surface area contributed by atoms with Gasteiger partial charge in [0.05, 0.1) is 55.3 Å². The first-order valence-corrected chi connectivity index (χ1v) is 20.6. The van der Waals surface area contributed by atoms with Crippen molar-refractivity contribution in [1.82, 2.24) is 40.4 Å². The van der Waals surface area contributed by atoms with Crippen LogP contribution < -0.4 is 15.4 Å². The summed E-state index contributed by atoms with van der Waals surface area (Å²) in [5.41, 5.74) is 6.41. The first-order chi connectivity index (χ1) is 28.8. The summed E-state index contributed by atoms with van der Waals surface area (Å²) in [5, 5.41) is 17.6. The lowest BCUT2D eigenvalue weighted by Crippen LogP contribution is -2.54. The Morgan fingerprint density at radius 2 is 1.47 bits per heavy atom. The monoisotopic (exact) mass is 820 g/mol. The summed E-state index contributed by atoms with van der Waals surface area (Å²) < 4.78 is 15.9. The third-order valence-corrected chi connectivity index (χ3v) is 12.4. The van der Waals surface area contributed by atoms with Gasteiger partial charge in [-0.1, -0.05) is 32.0 Å². The maximum absolute atomic E-state index is 13.9. The number of ether oxygens (including phenoxy) is 3. The lowest BCUT2D eigenvalue weighted by atomic mass is 9.92. The lowest BCUT2D eigenvalue weighted by molar-refractivity contribution is -0.139. The highest BCUT2D eigenvalue weighted by atomic mass is 16.5. The molecule has 8 rings (SSSR count). The smallest absolute Gasteiger partial charge is 0.407 e. The predicted molar refractivity (Wildman–Crippen MR) is 223 cm³/mol. The Morgan fingerprint density at radius 1 is 0.817 bits per heavy atom. The van der Waals surface area contributed by atoms with E-state index in [0.717, 1.165) is 74.8 Å². The summed E-state index contributed by atoms with van der Waals surface area (Å²) in [7, 11) is 2.50. The van der Waals surface area contributed by atoms with Gasteiger partial charge >= 0.3 is 12.2 Å². The summed E-state index contributed by atoms with van der Waals surface area (Å²) in [6, 6.07) is 11.7. The minimum absolute atomic E-state index is 0.0231. The average Bonchev–Trinajstić information content (AvgIpc) is 4.06. The third kappa shape index (κ3) is 7.26. The van der Waals surface area contributed by atoms with Gasteiger partial charge < -0.3 is 49.7 Å². The fourth-order valence-electron chi connectivity index (χ4n) is 9.13. The van der Waals surface area contributed by atoms with Crippen LogP contribution in [0.4, 0.5) is 9.59 Å². The number of carbonyl (C=O) groups excluding carboxylic acids is 4. The van der Waals surface area contributed by atoms with Crippen LogP contribution in [-0.2, 0) is 25.7 Å². The Morgan fingerprint density at radius 3 is 2.12 bits per heavy atom. The fourth-order valence-corrected chi connectivity index (χ4v) is 9.13. The number of hydrogen-bond acceptors (Lipinski definition) is 10. The maximum atomic E-state index is 13.9. The second kappa shape index (κ2) is 16.1. The highest BCUT2D eigenvalue weighted by Gasteiger charge is 2.43. The number of carbonyl (C=O) groups is 4. The van der Waals surface area contributed by atoms with Crippen molar-refractivity contribution in [3.8, 4) is 28.1 Å². The van der Waals surface area contributed by atoms with E-state index >= 15 is 0 Å². The van der Waals surface area contributed by atoms with Crippen LogP contribution in [0.2, 0.25) is 0 Å². The number of nitrogens with zero attached hydrogens (tertiary/aromatic N) is 4. The summed E-state index contributed by atoms with van der Waals surface area (Å²) in [4.78, 5) is 72.0. The molecule has 0 radical (unpaired) electrons. The molecule has 5 N–H and O–H groups in total. The number of amides is 4. The van der Waals surface area contributed by atoms with Crippen molar-refractivity contribution < 1.29 is 38.5 Å². The summed E-state index contributed by atoms with van der Waals surface area (Å²) in [6.45, 7) is 9.60. The van der Waals surface area contributed by atoms with Gasteiger partial charge in [-0.2, -0.15) is 0 Å². The molecule has 2 fully saturated rings. The van der Waals surface area contributed by atoms with Crippen LogP contribution in [0.15, 0.2) is 48.7 Å². The Labute approximate surface area is 347 Å². The zero-order valence-corrected chi connectivity index (χ0v) is 34.9. The minimum Gasteiger partial charge on any atom is -0.488 e.